The first kappa shape index (κ1) is 18.6. The third-order valence-corrected chi connectivity index (χ3v) is 7.05. The van der Waals surface area contributed by atoms with Crippen molar-refractivity contribution in [2.75, 3.05) is 18.9 Å². The number of likely N-dealkylation sites (tertiary alicyclic amines) is 1. The van der Waals surface area contributed by atoms with Gasteiger partial charge in [0.2, 0.25) is 5.91 Å². The molecular weight excluding hydrogens is 408 g/mol. The van der Waals surface area contributed by atoms with E-state index in [0.29, 0.717) is 39.9 Å². The molecule has 2 aliphatic rings. The lowest BCUT2D eigenvalue weighted by atomic mass is 10.2. The van der Waals surface area contributed by atoms with E-state index in [4.69, 9.17) is 21.4 Å². The van der Waals surface area contributed by atoms with Crippen LogP contribution in [-0.2, 0) is 4.79 Å². The second kappa shape index (κ2) is 7.69. The van der Waals surface area contributed by atoms with Gasteiger partial charge in [0.15, 0.2) is 10.0 Å². The minimum absolute atomic E-state index is 0.0637. The summed E-state index contributed by atoms with van der Waals surface area (Å²) >= 11 is 8.77. The highest BCUT2D eigenvalue weighted by Gasteiger charge is 2.58. The molecule has 4 rings (SSSR count). The number of amides is 1. The molecule has 2 aromatic rings. The zero-order valence-corrected chi connectivity index (χ0v) is 16.6. The molecule has 27 heavy (non-hydrogen) atoms. The van der Waals surface area contributed by atoms with Gasteiger partial charge in [-0.2, -0.15) is 0 Å². The number of aromatic nitrogens is 1. The van der Waals surface area contributed by atoms with E-state index in [1.165, 1.54) is 28.5 Å². The van der Waals surface area contributed by atoms with Gasteiger partial charge in [-0.05, 0) is 30.5 Å². The number of thiazole rings is 1. The number of benzene rings is 1. The summed E-state index contributed by atoms with van der Waals surface area (Å²) in [5.41, 5.74) is 0.0637. The Morgan fingerprint density at radius 1 is 1.48 bits per heavy atom. The number of carboxylic acid groups (broad SMARTS) is 1. The average Bonchev–Trinajstić information content (AvgIpc) is 3.19. The predicted molar refractivity (Wildman–Crippen MR) is 104 cm³/mol. The van der Waals surface area contributed by atoms with Crippen molar-refractivity contribution >= 4 is 46.6 Å². The van der Waals surface area contributed by atoms with Gasteiger partial charge in [-0.25, -0.2) is 9.78 Å². The highest BCUT2D eigenvalue weighted by molar-refractivity contribution is 8.01. The Labute approximate surface area is 169 Å². The second-order valence-corrected chi connectivity index (χ2v) is 9.16. The standard InChI is InChI=1S/C18H17ClN2O4S2/c19-10-2-1-3-11(6-10)25-8-15-12-7-13(12)16(22)21(15)4-5-26-18-20-14(9-27-18)17(23)24/h1-3,6,9,12-13,15H,4-5,7-8H2,(H,23,24)/t12-,13+,15+/m1/s1. The molecule has 2 fully saturated rings. The largest absolute Gasteiger partial charge is 0.491 e. The summed E-state index contributed by atoms with van der Waals surface area (Å²) in [5, 5.41) is 11.1. The van der Waals surface area contributed by atoms with E-state index in [9.17, 15) is 9.59 Å². The van der Waals surface area contributed by atoms with Gasteiger partial charge in [0, 0.05) is 28.6 Å². The Balaban J connectivity index is 1.32. The highest BCUT2D eigenvalue weighted by Crippen LogP contribution is 2.50. The number of thioether (sulfide) groups is 1. The number of carboxylic acids is 1. The lowest BCUT2D eigenvalue weighted by Gasteiger charge is -2.27. The predicted octanol–water partition coefficient (Wildman–Crippen LogP) is 3.51. The molecule has 2 heterocycles. The quantitative estimate of drug-likeness (QED) is 0.653. The Kier molecular flexibility index (Phi) is 5.29. The minimum Gasteiger partial charge on any atom is -0.491 e. The first-order chi connectivity index (χ1) is 13.0. The number of piperidine rings is 1. The number of rotatable bonds is 8. The van der Waals surface area contributed by atoms with Crippen LogP contribution in [0.15, 0.2) is 34.0 Å². The zero-order valence-electron chi connectivity index (χ0n) is 14.2. The van der Waals surface area contributed by atoms with Crippen LogP contribution in [0.3, 0.4) is 0 Å². The normalized spacial score (nSPS) is 23.4. The Morgan fingerprint density at radius 3 is 3.07 bits per heavy atom. The third kappa shape index (κ3) is 4.07. The van der Waals surface area contributed by atoms with E-state index >= 15 is 0 Å². The lowest BCUT2D eigenvalue weighted by Crippen LogP contribution is -2.41. The monoisotopic (exact) mass is 424 g/mol. The molecule has 1 aliphatic carbocycles. The first-order valence-electron chi connectivity index (χ1n) is 8.53. The van der Waals surface area contributed by atoms with Crippen molar-refractivity contribution in [3.05, 3.63) is 40.4 Å². The summed E-state index contributed by atoms with van der Waals surface area (Å²) in [5.74, 6) is 1.07. The molecule has 1 aromatic carbocycles. The van der Waals surface area contributed by atoms with Gasteiger partial charge in [-0.15, -0.1) is 11.3 Å². The van der Waals surface area contributed by atoms with Gasteiger partial charge >= 0.3 is 5.97 Å². The summed E-state index contributed by atoms with van der Waals surface area (Å²) in [6.45, 7) is 1.06. The number of hydrogen-bond donors (Lipinski definition) is 1. The van der Waals surface area contributed by atoms with Crippen molar-refractivity contribution in [1.82, 2.24) is 9.88 Å². The second-order valence-electron chi connectivity index (χ2n) is 6.53. The van der Waals surface area contributed by atoms with Crippen molar-refractivity contribution in [3.63, 3.8) is 0 Å². The highest BCUT2D eigenvalue weighted by atomic mass is 35.5. The number of carbonyl (C=O) groups is 2. The molecule has 0 radical (unpaired) electrons. The van der Waals surface area contributed by atoms with Crippen LogP contribution >= 0.6 is 34.7 Å². The number of hydrogen-bond acceptors (Lipinski definition) is 6. The van der Waals surface area contributed by atoms with E-state index in [1.807, 2.05) is 17.0 Å². The number of halogens is 1. The maximum absolute atomic E-state index is 12.5. The Hall–Kier alpha value is -1.77. The molecule has 142 valence electrons. The summed E-state index contributed by atoms with van der Waals surface area (Å²) in [6, 6.07) is 7.34. The number of carbonyl (C=O) groups excluding carboxylic acids is 1. The van der Waals surface area contributed by atoms with Crippen molar-refractivity contribution in [1.29, 1.82) is 0 Å². The topological polar surface area (TPSA) is 79.7 Å². The average molecular weight is 425 g/mol. The molecule has 3 atom stereocenters. The molecule has 9 heteroatoms. The van der Waals surface area contributed by atoms with Gasteiger partial charge in [0.05, 0.1) is 6.04 Å². The van der Waals surface area contributed by atoms with Crippen molar-refractivity contribution in [2.45, 2.75) is 16.8 Å². The van der Waals surface area contributed by atoms with Crippen LogP contribution in [-0.4, -0.2) is 51.8 Å². The van der Waals surface area contributed by atoms with Crippen LogP contribution in [0.2, 0.25) is 5.02 Å². The molecule has 6 nitrogen and oxygen atoms in total. The molecule has 1 saturated carbocycles. The van der Waals surface area contributed by atoms with Gasteiger partial charge in [0.25, 0.3) is 0 Å². The molecule has 1 aliphatic heterocycles. The zero-order chi connectivity index (χ0) is 19.0. The summed E-state index contributed by atoms with van der Waals surface area (Å²) < 4.78 is 6.58. The Bertz CT molecular complexity index is 875. The van der Waals surface area contributed by atoms with E-state index in [0.717, 1.165) is 6.42 Å². The van der Waals surface area contributed by atoms with Crippen molar-refractivity contribution in [3.8, 4) is 5.75 Å². The molecule has 0 unspecified atom stereocenters. The van der Waals surface area contributed by atoms with Crippen LogP contribution in [0.5, 0.6) is 5.75 Å². The smallest absolute Gasteiger partial charge is 0.355 e. The van der Waals surface area contributed by atoms with Crippen LogP contribution in [0.4, 0.5) is 0 Å². The summed E-state index contributed by atoms with van der Waals surface area (Å²) in [7, 11) is 0. The third-order valence-electron chi connectivity index (χ3n) is 4.81. The van der Waals surface area contributed by atoms with Crippen LogP contribution in [0.1, 0.15) is 16.9 Å². The van der Waals surface area contributed by atoms with Crippen molar-refractivity contribution in [2.24, 2.45) is 11.8 Å². The Morgan fingerprint density at radius 2 is 2.33 bits per heavy atom. The maximum atomic E-state index is 12.5. The van der Waals surface area contributed by atoms with Gasteiger partial charge in [-0.1, -0.05) is 29.4 Å². The van der Waals surface area contributed by atoms with Crippen molar-refractivity contribution < 1.29 is 19.4 Å². The fourth-order valence-electron chi connectivity index (χ4n) is 3.41. The fraction of sp³-hybridized carbons (Fsp3) is 0.389. The molecule has 1 saturated heterocycles. The van der Waals surface area contributed by atoms with E-state index in [1.54, 1.807) is 12.1 Å². The molecule has 1 N–H and O–H groups in total. The molecule has 1 aromatic heterocycles. The van der Waals surface area contributed by atoms with Gasteiger partial charge in [0.1, 0.15) is 12.4 Å². The van der Waals surface area contributed by atoms with E-state index in [-0.39, 0.29) is 23.6 Å². The number of aromatic carboxylic acids is 1. The van der Waals surface area contributed by atoms with E-state index < -0.39 is 5.97 Å². The summed E-state index contributed by atoms with van der Waals surface area (Å²) in [6.07, 6.45) is 0.945. The minimum atomic E-state index is -1.02. The number of nitrogens with zero attached hydrogens (tertiary/aromatic N) is 2. The van der Waals surface area contributed by atoms with Gasteiger partial charge < -0.3 is 14.7 Å². The van der Waals surface area contributed by atoms with Gasteiger partial charge in [-0.3, -0.25) is 4.79 Å². The molecule has 1 amide bonds. The maximum Gasteiger partial charge on any atom is 0.355 e. The summed E-state index contributed by atoms with van der Waals surface area (Å²) in [4.78, 5) is 29.4. The SMILES string of the molecule is O=C(O)c1csc(SCCN2C(=O)[C@H]3C[C@H]3[C@@H]2COc2cccc(Cl)c2)n1. The molecular formula is C18H17ClN2O4S2. The van der Waals surface area contributed by atoms with Crippen LogP contribution in [0, 0.1) is 11.8 Å². The number of ether oxygens (including phenoxy) is 1. The van der Waals surface area contributed by atoms with E-state index in [2.05, 4.69) is 4.98 Å². The first-order valence-corrected chi connectivity index (χ1v) is 10.8. The van der Waals surface area contributed by atoms with Crippen LogP contribution in [0.25, 0.3) is 0 Å². The lowest BCUT2D eigenvalue weighted by molar-refractivity contribution is -0.131. The fourth-order valence-corrected chi connectivity index (χ4v) is 5.40. The molecule has 0 bridgehead atoms. The van der Waals surface area contributed by atoms with Crippen LogP contribution < -0.4 is 4.74 Å². The molecule has 0 spiro atoms. The number of fused-ring (bicyclic) bond motifs is 1.